The summed E-state index contributed by atoms with van der Waals surface area (Å²) in [7, 11) is 0. The average Bonchev–Trinajstić information content (AvgIpc) is 3.01. The smallest absolute Gasteiger partial charge is 0.0968 e. The van der Waals surface area contributed by atoms with Crippen molar-refractivity contribution in [3.8, 4) is 0 Å². The summed E-state index contributed by atoms with van der Waals surface area (Å²) >= 11 is 24.9. The van der Waals surface area contributed by atoms with E-state index in [2.05, 4.69) is 10.3 Å². The Kier molecular flexibility index (Phi) is 5.93. The summed E-state index contributed by atoms with van der Waals surface area (Å²) < 4.78 is 0. The van der Waals surface area contributed by atoms with Gasteiger partial charge in [-0.3, -0.25) is 4.99 Å². The molecule has 1 heterocycles. The second-order valence-corrected chi connectivity index (χ2v) is 7.41. The predicted octanol–water partition coefficient (Wildman–Crippen LogP) is 6.37. The molecule has 0 saturated carbocycles. The van der Waals surface area contributed by atoms with Gasteiger partial charge in [-0.1, -0.05) is 58.5 Å². The first kappa shape index (κ1) is 17.9. The second kappa shape index (κ2) is 7.97. The summed E-state index contributed by atoms with van der Waals surface area (Å²) in [4.78, 5) is 4.51. The first-order chi connectivity index (χ1) is 11.5. The van der Waals surface area contributed by atoms with Crippen LogP contribution in [0.1, 0.15) is 30.0 Å². The Bertz CT molecular complexity index is 753. The molecule has 1 atom stereocenters. The van der Waals surface area contributed by atoms with Crippen LogP contribution >= 0.6 is 46.4 Å². The van der Waals surface area contributed by atoms with Gasteiger partial charge in [0.1, 0.15) is 0 Å². The van der Waals surface area contributed by atoms with Crippen molar-refractivity contribution in [2.75, 3.05) is 6.54 Å². The zero-order valence-corrected chi connectivity index (χ0v) is 15.9. The molecule has 1 N–H and O–H groups in total. The highest BCUT2D eigenvalue weighted by atomic mass is 35.5. The van der Waals surface area contributed by atoms with Gasteiger partial charge in [-0.05, 0) is 48.2 Å². The Hall–Kier alpha value is -0.930. The highest BCUT2D eigenvalue weighted by Gasteiger charge is 2.20. The van der Waals surface area contributed by atoms with E-state index in [1.807, 2.05) is 24.3 Å². The lowest BCUT2D eigenvalue weighted by Crippen LogP contribution is -2.29. The van der Waals surface area contributed by atoms with Crippen LogP contribution in [-0.2, 0) is 6.42 Å². The lowest BCUT2D eigenvalue weighted by molar-refractivity contribution is 0.639. The maximum atomic E-state index is 6.44. The van der Waals surface area contributed by atoms with Gasteiger partial charge in [-0.15, -0.1) is 0 Å². The van der Waals surface area contributed by atoms with Crippen LogP contribution < -0.4 is 5.32 Å². The Balaban J connectivity index is 1.93. The molecule has 2 aromatic rings. The van der Waals surface area contributed by atoms with E-state index in [9.17, 15) is 0 Å². The summed E-state index contributed by atoms with van der Waals surface area (Å²) in [5.74, 6) is 1.00. The highest BCUT2D eigenvalue weighted by molar-refractivity contribution is 6.42. The van der Waals surface area contributed by atoms with Gasteiger partial charge in [0.15, 0.2) is 0 Å². The summed E-state index contributed by atoms with van der Waals surface area (Å²) in [6.45, 7) is 0.862. The molecule has 6 heteroatoms. The van der Waals surface area contributed by atoms with Crippen molar-refractivity contribution in [1.29, 1.82) is 0 Å². The fourth-order valence-corrected chi connectivity index (χ4v) is 3.86. The number of halogens is 4. The molecule has 126 valence electrons. The SMILES string of the molecule is Clc1cc(Cl)cc(CC(NC2=NCCC2)c2cccc(Cl)c2Cl)c1. The number of nitrogens with zero attached hydrogens (tertiary/aromatic N) is 1. The van der Waals surface area contributed by atoms with E-state index in [1.165, 1.54) is 0 Å². The molecule has 0 bridgehead atoms. The van der Waals surface area contributed by atoms with E-state index in [0.717, 1.165) is 36.3 Å². The van der Waals surface area contributed by atoms with E-state index < -0.39 is 0 Å². The molecule has 2 nitrogen and oxygen atoms in total. The fourth-order valence-electron chi connectivity index (χ4n) is 2.85. The normalized spacial score (nSPS) is 15.2. The molecule has 0 saturated heterocycles. The first-order valence-corrected chi connectivity index (χ1v) is 9.23. The number of rotatable bonds is 4. The van der Waals surface area contributed by atoms with E-state index in [-0.39, 0.29) is 6.04 Å². The maximum Gasteiger partial charge on any atom is 0.0968 e. The molecule has 0 radical (unpaired) electrons. The van der Waals surface area contributed by atoms with Gasteiger partial charge in [0.25, 0.3) is 0 Å². The minimum absolute atomic E-state index is 0.0532. The molecule has 3 rings (SSSR count). The van der Waals surface area contributed by atoms with Crippen molar-refractivity contribution in [2.24, 2.45) is 4.99 Å². The van der Waals surface area contributed by atoms with Crippen LogP contribution in [0.3, 0.4) is 0 Å². The van der Waals surface area contributed by atoms with Crippen LogP contribution in [0.25, 0.3) is 0 Å². The molecule has 0 aromatic heterocycles. The van der Waals surface area contributed by atoms with Gasteiger partial charge in [-0.25, -0.2) is 0 Å². The molecule has 0 amide bonds. The monoisotopic (exact) mass is 400 g/mol. The zero-order chi connectivity index (χ0) is 17.1. The van der Waals surface area contributed by atoms with Gasteiger partial charge >= 0.3 is 0 Å². The third-order valence-corrected chi connectivity index (χ3v) is 5.20. The second-order valence-electron chi connectivity index (χ2n) is 5.75. The molecule has 0 fully saturated rings. The Morgan fingerprint density at radius 3 is 2.46 bits per heavy atom. The maximum absolute atomic E-state index is 6.44. The molecule has 1 unspecified atom stereocenters. The number of amidine groups is 1. The number of benzene rings is 2. The van der Waals surface area contributed by atoms with Crippen LogP contribution in [0, 0.1) is 0 Å². The molecule has 0 aliphatic carbocycles. The summed E-state index contributed by atoms with van der Waals surface area (Å²) in [6, 6.07) is 11.2. The Labute approximate surface area is 161 Å². The third-order valence-electron chi connectivity index (χ3n) is 3.93. The molecule has 24 heavy (non-hydrogen) atoms. The number of nitrogens with one attached hydrogen (secondary N) is 1. The van der Waals surface area contributed by atoms with Gasteiger partial charge in [0, 0.05) is 23.0 Å². The lowest BCUT2D eigenvalue weighted by Gasteiger charge is -2.22. The highest BCUT2D eigenvalue weighted by Crippen LogP contribution is 2.33. The first-order valence-electron chi connectivity index (χ1n) is 7.71. The van der Waals surface area contributed by atoms with E-state index in [1.54, 1.807) is 12.1 Å². The zero-order valence-electron chi connectivity index (χ0n) is 12.8. The van der Waals surface area contributed by atoms with E-state index >= 15 is 0 Å². The van der Waals surface area contributed by atoms with Crippen LogP contribution in [0.4, 0.5) is 0 Å². The van der Waals surface area contributed by atoms with Crippen molar-refractivity contribution in [3.63, 3.8) is 0 Å². The fraction of sp³-hybridized carbons (Fsp3) is 0.278. The Morgan fingerprint density at radius 2 is 1.79 bits per heavy atom. The van der Waals surface area contributed by atoms with Crippen molar-refractivity contribution < 1.29 is 0 Å². The van der Waals surface area contributed by atoms with Crippen molar-refractivity contribution in [2.45, 2.75) is 25.3 Å². The quantitative estimate of drug-likeness (QED) is 0.632. The van der Waals surface area contributed by atoms with Crippen molar-refractivity contribution >= 4 is 52.2 Å². The van der Waals surface area contributed by atoms with Crippen molar-refractivity contribution in [3.05, 3.63) is 67.6 Å². The molecule has 1 aliphatic heterocycles. The number of aliphatic imine (C=N–C) groups is 1. The van der Waals surface area contributed by atoms with Crippen LogP contribution in [0.2, 0.25) is 20.1 Å². The van der Waals surface area contributed by atoms with Gasteiger partial charge in [-0.2, -0.15) is 0 Å². The summed E-state index contributed by atoms with van der Waals surface area (Å²) in [5.41, 5.74) is 1.97. The number of hydrogen-bond acceptors (Lipinski definition) is 2. The van der Waals surface area contributed by atoms with Crippen molar-refractivity contribution in [1.82, 2.24) is 5.32 Å². The van der Waals surface area contributed by atoms with Gasteiger partial charge < -0.3 is 5.32 Å². The molecular formula is C18H16Cl4N2. The largest absolute Gasteiger partial charge is 0.367 e. The molecule has 1 aliphatic rings. The minimum Gasteiger partial charge on any atom is -0.367 e. The Morgan fingerprint density at radius 1 is 1.04 bits per heavy atom. The van der Waals surface area contributed by atoms with E-state index in [0.29, 0.717) is 26.5 Å². The van der Waals surface area contributed by atoms with E-state index in [4.69, 9.17) is 46.4 Å². The molecular weight excluding hydrogens is 386 g/mol. The predicted molar refractivity (Wildman–Crippen MR) is 104 cm³/mol. The van der Waals surface area contributed by atoms with Crippen LogP contribution in [-0.4, -0.2) is 12.4 Å². The standard InChI is InChI=1S/C18H16Cl4N2/c19-12-7-11(8-13(20)10-12)9-16(24-17-5-2-6-23-17)14-3-1-4-15(21)18(14)22/h1,3-4,7-8,10,16H,2,5-6,9H2,(H,23,24). The molecule has 0 spiro atoms. The molecule has 2 aromatic carbocycles. The summed E-state index contributed by atoms with van der Waals surface area (Å²) in [5, 5.41) is 5.84. The third kappa shape index (κ3) is 4.37. The van der Waals surface area contributed by atoms with Crippen LogP contribution in [0.15, 0.2) is 41.4 Å². The number of hydrogen-bond donors (Lipinski definition) is 1. The van der Waals surface area contributed by atoms with Gasteiger partial charge in [0.2, 0.25) is 0 Å². The average molecular weight is 402 g/mol. The lowest BCUT2D eigenvalue weighted by atomic mass is 9.98. The van der Waals surface area contributed by atoms with Crippen LogP contribution in [0.5, 0.6) is 0 Å². The van der Waals surface area contributed by atoms with Gasteiger partial charge in [0.05, 0.1) is 21.9 Å². The minimum atomic E-state index is -0.0532. The summed E-state index contributed by atoms with van der Waals surface area (Å²) in [6.07, 6.45) is 2.70. The topological polar surface area (TPSA) is 24.4 Å².